The van der Waals surface area contributed by atoms with Crippen molar-refractivity contribution >= 4 is 17.2 Å². The Morgan fingerprint density at radius 2 is 2.32 bits per heavy atom. The zero-order valence-electron chi connectivity index (χ0n) is 11.2. The van der Waals surface area contributed by atoms with Crippen LogP contribution in [0.1, 0.15) is 31.2 Å². The van der Waals surface area contributed by atoms with E-state index >= 15 is 0 Å². The smallest absolute Gasteiger partial charge is 0.223 e. The van der Waals surface area contributed by atoms with Crippen molar-refractivity contribution in [2.75, 3.05) is 19.8 Å². The van der Waals surface area contributed by atoms with Crippen molar-refractivity contribution in [3.63, 3.8) is 0 Å². The molecule has 3 rings (SSSR count). The molecule has 1 amide bonds. The van der Waals surface area contributed by atoms with Crippen LogP contribution in [-0.4, -0.2) is 36.6 Å². The van der Waals surface area contributed by atoms with Crippen molar-refractivity contribution in [1.29, 1.82) is 0 Å². The molecule has 1 aliphatic heterocycles. The van der Waals surface area contributed by atoms with Gasteiger partial charge in [0.05, 0.1) is 6.61 Å². The number of carbonyl (C=O) groups is 1. The van der Waals surface area contributed by atoms with Gasteiger partial charge in [-0.15, -0.1) is 0 Å². The Bertz CT molecular complexity index is 408. The highest BCUT2D eigenvalue weighted by Crippen LogP contribution is 2.29. The molecule has 3 nitrogen and oxygen atoms in total. The second-order valence-electron chi connectivity index (χ2n) is 5.64. The fourth-order valence-corrected chi connectivity index (χ4v) is 3.38. The Kier molecular flexibility index (Phi) is 4.18. The first-order valence-electron chi connectivity index (χ1n) is 7.21. The summed E-state index contributed by atoms with van der Waals surface area (Å²) in [6.07, 6.45) is 5.03. The standard InChI is InChI=1S/C15H21NO2S/c17-15(4-1-12-6-8-19-11-12)16(14-2-3-14)9-13-5-7-18-10-13/h6,8,11,13-14H,1-5,7,9-10H2/t13-/m1/s1. The van der Waals surface area contributed by atoms with Crippen LogP contribution in [0.4, 0.5) is 0 Å². The lowest BCUT2D eigenvalue weighted by atomic mass is 10.1. The zero-order chi connectivity index (χ0) is 13.1. The van der Waals surface area contributed by atoms with Gasteiger partial charge in [0.25, 0.3) is 0 Å². The van der Waals surface area contributed by atoms with Gasteiger partial charge in [0.2, 0.25) is 5.91 Å². The highest BCUT2D eigenvalue weighted by atomic mass is 32.1. The zero-order valence-corrected chi connectivity index (χ0v) is 12.0. The number of rotatable bonds is 6. The lowest BCUT2D eigenvalue weighted by molar-refractivity contribution is -0.132. The molecule has 0 radical (unpaired) electrons. The predicted molar refractivity (Wildman–Crippen MR) is 76.3 cm³/mol. The summed E-state index contributed by atoms with van der Waals surface area (Å²) in [5, 5.41) is 4.22. The second-order valence-corrected chi connectivity index (χ2v) is 6.42. The maximum Gasteiger partial charge on any atom is 0.223 e. The van der Waals surface area contributed by atoms with Gasteiger partial charge in [-0.25, -0.2) is 0 Å². The molecular weight excluding hydrogens is 258 g/mol. The van der Waals surface area contributed by atoms with Crippen LogP contribution < -0.4 is 0 Å². The summed E-state index contributed by atoms with van der Waals surface area (Å²) in [4.78, 5) is 14.5. The largest absolute Gasteiger partial charge is 0.381 e. The predicted octanol–water partition coefficient (Wildman–Crippen LogP) is 2.71. The van der Waals surface area contributed by atoms with Gasteiger partial charge < -0.3 is 9.64 Å². The van der Waals surface area contributed by atoms with E-state index in [1.165, 1.54) is 18.4 Å². The first kappa shape index (κ1) is 13.1. The van der Waals surface area contributed by atoms with Crippen molar-refractivity contribution in [2.24, 2.45) is 5.92 Å². The summed E-state index contributed by atoms with van der Waals surface area (Å²) in [7, 11) is 0. The number of hydrogen-bond acceptors (Lipinski definition) is 3. The van der Waals surface area contributed by atoms with Crippen LogP contribution in [-0.2, 0) is 16.0 Å². The number of thiophene rings is 1. The molecule has 1 saturated heterocycles. The van der Waals surface area contributed by atoms with E-state index in [0.29, 0.717) is 24.3 Å². The molecule has 2 heterocycles. The molecule has 1 aromatic rings. The third kappa shape index (κ3) is 3.57. The van der Waals surface area contributed by atoms with Crippen LogP contribution in [0.25, 0.3) is 0 Å². The van der Waals surface area contributed by atoms with E-state index in [0.717, 1.165) is 32.6 Å². The van der Waals surface area contributed by atoms with Crippen LogP contribution in [0.15, 0.2) is 16.8 Å². The van der Waals surface area contributed by atoms with E-state index in [1.807, 2.05) is 0 Å². The number of nitrogens with zero attached hydrogens (tertiary/aromatic N) is 1. The van der Waals surface area contributed by atoms with Gasteiger partial charge in [0.15, 0.2) is 0 Å². The van der Waals surface area contributed by atoms with E-state index in [1.54, 1.807) is 11.3 Å². The Balaban J connectivity index is 1.52. The quantitative estimate of drug-likeness (QED) is 0.801. The van der Waals surface area contributed by atoms with E-state index in [9.17, 15) is 4.79 Å². The molecule has 2 aliphatic rings. The first-order valence-corrected chi connectivity index (χ1v) is 8.15. The van der Waals surface area contributed by atoms with Gasteiger partial charge in [0.1, 0.15) is 0 Å². The molecular formula is C15H21NO2S. The summed E-state index contributed by atoms with van der Waals surface area (Å²) >= 11 is 1.70. The Morgan fingerprint density at radius 1 is 1.42 bits per heavy atom. The molecule has 0 bridgehead atoms. The molecule has 1 saturated carbocycles. The minimum Gasteiger partial charge on any atom is -0.381 e. The van der Waals surface area contributed by atoms with E-state index < -0.39 is 0 Å². The average Bonchev–Trinajstić information content (AvgIpc) is 2.94. The lowest BCUT2D eigenvalue weighted by Crippen LogP contribution is -2.37. The maximum atomic E-state index is 12.4. The minimum absolute atomic E-state index is 0.334. The number of carbonyl (C=O) groups excluding carboxylic acids is 1. The molecule has 4 heteroatoms. The second kappa shape index (κ2) is 6.06. The van der Waals surface area contributed by atoms with Crippen LogP contribution >= 0.6 is 11.3 Å². The molecule has 1 aromatic heterocycles. The van der Waals surface area contributed by atoms with E-state index in [4.69, 9.17) is 4.74 Å². The van der Waals surface area contributed by atoms with Crippen LogP contribution in [0.5, 0.6) is 0 Å². The van der Waals surface area contributed by atoms with Gasteiger partial charge in [-0.1, -0.05) is 0 Å². The number of hydrogen-bond donors (Lipinski definition) is 0. The van der Waals surface area contributed by atoms with Crippen LogP contribution in [0.3, 0.4) is 0 Å². The molecule has 2 fully saturated rings. The highest BCUT2D eigenvalue weighted by molar-refractivity contribution is 7.07. The van der Waals surface area contributed by atoms with Gasteiger partial charge >= 0.3 is 0 Å². The topological polar surface area (TPSA) is 29.5 Å². The van der Waals surface area contributed by atoms with Crippen molar-refractivity contribution in [3.8, 4) is 0 Å². The SMILES string of the molecule is O=C(CCc1ccsc1)N(C[C@H]1CCOC1)C1CC1. The van der Waals surface area contributed by atoms with Crippen LogP contribution in [0, 0.1) is 5.92 Å². The summed E-state index contributed by atoms with van der Waals surface area (Å²) in [6, 6.07) is 2.64. The normalized spacial score (nSPS) is 22.6. The summed E-state index contributed by atoms with van der Waals surface area (Å²) in [5.41, 5.74) is 1.29. The lowest BCUT2D eigenvalue weighted by Gasteiger charge is -2.25. The third-order valence-corrected chi connectivity index (χ3v) is 4.73. The monoisotopic (exact) mass is 279 g/mol. The first-order chi connectivity index (χ1) is 9.33. The number of aryl methyl sites for hydroxylation is 1. The molecule has 0 aromatic carbocycles. The molecule has 0 spiro atoms. The van der Waals surface area contributed by atoms with Crippen molar-refractivity contribution in [2.45, 2.75) is 38.1 Å². The Hall–Kier alpha value is -0.870. The molecule has 19 heavy (non-hydrogen) atoms. The summed E-state index contributed by atoms with van der Waals surface area (Å²) in [6.45, 7) is 2.61. The number of amides is 1. The van der Waals surface area contributed by atoms with E-state index in [-0.39, 0.29) is 0 Å². The van der Waals surface area contributed by atoms with Crippen molar-refractivity contribution in [1.82, 2.24) is 4.90 Å². The average molecular weight is 279 g/mol. The van der Waals surface area contributed by atoms with Gasteiger partial charge in [-0.3, -0.25) is 4.79 Å². The fraction of sp³-hybridized carbons (Fsp3) is 0.667. The van der Waals surface area contributed by atoms with Gasteiger partial charge in [-0.2, -0.15) is 11.3 Å². The maximum absolute atomic E-state index is 12.4. The number of ether oxygens (including phenoxy) is 1. The molecule has 0 unspecified atom stereocenters. The molecule has 1 aliphatic carbocycles. The van der Waals surface area contributed by atoms with Crippen molar-refractivity contribution < 1.29 is 9.53 Å². The molecule has 0 N–H and O–H groups in total. The Labute approximate surface area is 118 Å². The van der Waals surface area contributed by atoms with Crippen LogP contribution in [0.2, 0.25) is 0 Å². The molecule has 104 valence electrons. The Morgan fingerprint density at radius 3 is 2.95 bits per heavy atom. The highest BCUT2D eigenvalue weighted by Gasteiger charge is 2.34. The minimum atomic E-state index is 0.334. The van der Waals surface area contributed by atoms with Gasteiger partial charge in [-0.05, 0) is 48.1 Å². The van der Waals surface area contributed by atoms with Crippen molar-refractivity contribution in [3.05, 3.63) is 22.4 Å². The summed E-state index contributed by atoms with van der Waals surface area (Å²) in [5.74, 6) is 0.895. The van der Waals surface area contributed by atoms with E-state index in [2.05, 4.69) is 21.7 Å². The third-order valence-electron chi connectivity index (χ3n) is 3.99. The summed E-state index contributed by atoms with van der Waals surface area (Å²) < 4.78 is 5.42. The fourth-order valence-electron chi connectivity index (χ4n) is 2.68. The van der Waals surface area contributed by atoms with Gasteiger partial charge in [0, 0.05) is 31.5 Å². The molecule has 1 atom stereocenters.